The van der Waals surface area contributed by atoms with E-state index < -0.39 is 34.1 Å². The molecule has 0 atom stereocenters. The third kappa shape index (κ3) is 3.28. The quantitative estimate of drug-likeness (QED) is 0.647. The Labute approximate surface area is 160 Å². The lowest BCUT2D eigenvalue weighted by molar-refractivity contribution is -0.137. The minimum Gasteiger partial charge on any atom is -0.493 e. The topological polar surface area (TPSA) is 72.9 Å². The maximum atomic E-state index is 13.4. The summed E-state index contributed by atoms with van der Waals surface area (Å²) in [7, 11) is 1.42. The molecular formula is C16H11Cl2F3N4O2. The number of halogens is 5. The van der Waals surface area contributed by atoms with Crippen LogP contribution in [0.25, 0.3) is 5.69 Å². The van der Waals surface area contributed by atoms with Crippen molar-refractivity contribution in [3.63, 3.8) is 0 Å². The van der Waals surface area contributed by atoms with Crippen LogP contribution in [-0.4, -0.2) is 30.5 Å². The molecule has 11 heteroatoms. The van der Waals surface area contributed by atoms with Crippen molar-refractivity contribution in [2.24, 2.45) is 7.05 Å². The van der Waals surface area contributed by atoms with Crippen molar-refractivity contribution in [3.8, 4) is 11.6 Å². The van der Waals surface area contributed by atoms with Gasteiger partial charge >= 0.3 is 6.18 Å². The SMILES string of the molecule is Cc1nn(C)c(O)c1C(=O)c1ccc(C(F)(F)F)c(-n2cc(Cl)cn2)c1Cl. The maximum absolute atomic E-state index is 13.4. The molecule has 0 spiro atoms. The fourth-order valence-electron chi connectivity index (χ4n) is 2.66. The number of carbonyl (C=O) groups is 1. The fraction of sp³-hybridized carbons (Fsp3) is 0.188. The summed E-state index contributed by atoms with van der Waals surface area (Å²) in [5.74, 6) is -1.19. The van der Waals surface area contributed by atoms with Gasteiger partial charge in [0.25, 0.3) is 0 Å². The van der Waals surface area contributed by atoms with Gasteiger partial charge in [-0.15, -0.1) is 0 Å². The Morgan fingerprint density at radius 1 is 1.26 bits per heavy atom. The molecule has 0 saturated heterocycles. The maximum Gasteiger partial charge on any atom is 0.418 e. The first-order valence-electron chi connectivity index (χ1n) is 7.40. The summed E-state index contributed by atoms with van der Waals surface area (Å²) in [4.78, 5) is 12.8. The van der Waals surface area contributed by atoms with Crippen molar-refractivity contribution < 1.29 is 23.1 Å². The molecule has 0 amide bonds. The number of alkyl halides is 3. The number of aryl methyl sites for hydroxylation is 2. The van der Waals surface area contributed by atoms with E-state index in [2.05, 4.69) is 10.2 Å². The van der Waals surface area contributed by atoms with E-state index in [0.29, 0.717) is 0 Å². The van der Waals surface area contributed by atoms with Gasteiger partial charge in [-0.1, -0.05) is 23.2 Å². The minimum atomic E-state index is -4.74. The highest BCUT2D eigenvalue weighted by Crippen LogP contribution is 2.40. The molecule has 0 saturated carbocycles. The van der Waals surface area contributed by atoms with Crippen molar-refractivity contribution >= 4 is 29.0 Å². The second-order valence-electron chi connectivity index (χ2n) is 5.66. The molecule has 2 heterocycles. The number of rotatable bonds is 3. The van der Waals surface area contributed by atoms with Crippen LogP contribution in [0.1, 0.15) is 27.2 Å². The van der Waals surface area contributed by atoms with Gasteiger partial charge in [0.15, 0.2) is 0 Å². The molecule has 27 heavy (non-hydrogen) atoms. The van der Waals surface area contributed by atoms with Gasteiger partial charge in [0.05, 0.1) is 33.2 Å². The number of benzene rings is 1. The van der Waals surface area contributed by atoms with Crippen molar-refractivity contribution in [1.29, 1.82) is 0 Å². The Morgan fingerprint density at radius 3 is 2.41 bits per heavy atom. The normalized spacial score (nSPS) is 11.8. The van der Waals surface area contributed by atoms with E-state index in [1.54, 1.807) is 0 Å². The van der Waals surface area contributed by atoms with Crippen LogP contribution in [-0.2, 0) is 13.2 Å². The minimum absolute atomic E-state index is 0.0941. The van der Waals surface area contributed by atoms with Crippen molar-refractivity contribution in [3.05, 3.63) is 57.0 Å². The molecule has 0 unspecified atom stereocenters. The van der Waals surface area contributed by atoms with Crippen LogP contribution in [0.2, 0.25) is 10.0 Å². The molecule has 6 nitrogen and oxygen atoms in total. The van der Waals surface area contributed by atoms with Crippen molar-refractivity contribution in [2.75, 3.05) is 0 Å². The summed E-state index contributed by atoms with van der Waals surface area (Å²) in [5, 5.41) is 17.3. The Kier molecular flexibility index (Phi) is 4.69. The van der Waals surface area contributed by atoms with E-state index in [1.165, 1.54) is 14.0 Å². The van der Waals surface area contributed by atoms with E-state index >= 15 is 0 Å². The number of hydrogen-bond acceptors (Lipinski definition) is 4. The molecule has 0 radical (unpaired) electrons. The van der Waals surface area contributed by atoms with Gasteiger partial charge in [0.2, 0.25) is 11.7 Å². The molecular weight excluding hydrogens is 408 g/mol. The Bertz CT molecular complexity index is 1060. The third-order valence-corrected chi connectivity index (χ3v) is 4.44. The van der Waals surface area contributed by atoms with Crippen LogP contribution in [0.3, 0.4) is 0 Å². The zero-order chi connectivity index (χ0) is 20.1. The first kappa shape index (κ1) is 19.2. The summed E-state index contributed by atoms with van der Waals surface area (Å²) in [5.41, 5.74) is -1.81. The zero-order valence-electron chi connectivity index (χ0n) is 13.8. The standard InChI is InChI=1S/C16H11Cl2F3N4O2/c1-7-11(15(27)24(2)23-7)14(26)9-3-4-10(16(19,20)21)13(12(9)18)25-6-8(17)5-22-25/h3-6,27H,1-2H3. The fourth-order valence-corrected chi connectivity index (χ4v) is 3.14. The summed E-state index contributed by atoms with van der Waals surface area (Å²) < 4.78 is 42.2. The molecule has 142 valence electrons. The van der Waals surface area contributed by atoms with Crippen LogP contribution in [0.15, 0.2) is 24.5 Å². The lowest BCUT2D eigenvalue weighted by Gasteiger charge is -2.16. The molecule has 2 aromatic heterocycles. The average Bonchev–Trinajstić information content (AvgIpc) is 3.09. The molecule has 3 rings (SSSR count). The molecule has 0 fully saturated rings. The predicted octanol–water partition coefficient (Wildman–Crippen LogP) is 4.18. The Balaban J connectivity index is 2.26. The second-order valence-corrected chi connectivity index (χ2v) is 6.48. The highest BCUT2D eigenvalue weighted by Gasteiger charge is 2.37. The molecule has 0 bridgehead atoms. The summed E-state index contributed by atoms with van der Waals surface area (Å²) in [6, 6.07) is 1.68. The van der Waals surface area contributed by atoms with Crippen LogP contribution in [0, 0.1) is 6.92 Å². The molecule has 0 aliphatic rings. The first-order chi connectivity index (χ1) is 12.5. The second kappa shape index (κ2) is 6.58. The van der Waals surface area contributed by atoms with E-state index in [-0.39, 0.29) is 21.8 Å². The summed E-state index contributed by atoms with van der Waals surface area (Å²) in [6.07, 6.45) is -2.46. The number of hydrogen-bond donors (Lipinski definition) is 1. The monoisotopic (exact) mass is 418 g/mol. The van der Waals surface area contributed by atoms with Crippen molar-refractivity contribution in [1.82, 2.24) is 19.6 Å². The first-order valence-corrected chi connectivity index (χ1v) is 8.15. The smallest absolute Gasteiger partial charge is 0.418 e. The molecule has 1 N–H and O–H groups in total. The van der Waals surface area contributed by atoms with Gasteiger partial charge in [-0.05, 0) is 19.1 Å². The number of nitrogens with zero attached hydrogens (tertiary/aromatic N) is 4. The lowest BCUT2D eigenvalue weighted by atomic mass is 10.00. The zero-order valence-corrected chi connectivity index (χ0v) is 15.4. The van der Waals surface area contributed by atoms with Gasteiger partial charge in [-0.2, -0.15) is 23.4 Å². The summed E-state index contributed by atoms with van der Waals surface area (Å²) >= 11 is 11.9. The molecule has 0 aliphatic heterocycles. The van der Waals surface area contributed by atoms with Gasteiger partial charge in [-0.25, -0.2) is 9.36 Å². The van der Waals surface area contributed by atoms with Gasteiger partial charge in [0, 0.05) is 18.8 Å². The number of aromatic nitrogens is 4. The van der Waals surface area contributed by atoms with Crippen LogP contribution in [0.5, 0.6) is 5.88 Å². The van der Waals surface area contributed by atoms with Gasteiger partial charge in [0.1, 0.15) is 5.56 Å². The summed E-state index contributed by atoms with van der Waals surface area (Å²) in [6.45, 7) is 1.49. The van der Waals surface area contributed by atoms with Crippen LogP contribution < -0.4 is 0 Å². The Hall–Kier alpha value is -2.52. The number of ketones is 1. The molecule has 1 aromatic carbocycles. The number of carbonyl (C=O) groups excluding carboxylic acids is 1. The van der Waals surface area contributed by atoms with Gasteiger partial charge < -0.3 is 5.11 Å². The highest BCUT2D eigenvalue weighted by atomic mass is 35.5. The van der Waals surface area contributed by atoms with Gasteiger partial charge in [-0.3, -0.25) is 4.79 Å². The Morgan fingerprint density at radius 2 is 1.93 bits per heavy atom. The lowest BCUT2D eigenvalue weighted by Crippen LogP contribution is -2.14. The molecule has 0 aliphatic carbocycles. The average molecular weight is 419 g/mol. The van der Waals surface area contributed by atoms with E-state index in [4.69, 9.17) is 23.2 Å². The highest BCUT2D eigenvalue weighted by molar-refractivity contribution is 6.37. The largest absolute Gasteiger partial charge is 0.493 e. The number of aromatic hydroxyl groups is 1. The third-order valence-electron chi connectivity index (χ3n) is 3.87. The predicted molar refractivity (Wildman–Crippen MR) is 91.6 cm³/mol. The molecule has 3 aromatic rings. The van der Waals surface area contributed by atoms with Crippen LogP contribution in [0.4, 0.5) is 13.2 Å². The van der Waals surface area contributed by atoms with Crippen molar-refractivity contribution in [2.45, 2.75) is 13.1 Å². The van der Waals surface area contributed by atoms with Crippen LogP contribution >= 0.6 is 23.2 Å². The van der Waals surface area contributed by atoms with E-state index in [1.807, 2.05) is 0 Å². The van der Waals surface area contributed by atoms with E-state index in [0.717, 1.165) is 33.9 Å². The van der Waals surface area contributed by atoms with E-state index in [9.17, 15) is 23.1 Å².